The third kappa shape index (κ3) is 3.70. The molecule has 0 saturated carbocycles. The molecule has 0 aliphatic heterocycles. The van der Waals surface area contributed by atoms with E-state index in [9.17, 15) is 8.42 Å². The number of thiazole rings is 1. The highest BCUT2D eigenvalue weighted by molar-refractivity contribution is 7.89. The molecular weight excluding hydrogens is 346 g/mol. The molecule has 1 N–H and O–H groups in total. The van der Waals surface area contributed by atoms with Crippen LogP contribution in [0.5, 0.6) is 5.75 Å². The van der Waals surface area contributed by atoms with E-state index < -0.39 is 10.0 Å². The van der Waals surface area contributed by atoms with Gasteiger partial charge in [0.15, 0.2) is 4.47 Å². The van der Waals surface area contributed by atoms with Crippen LogP contribution in [0.2, 0.25) is 4.47 Å². The Hall–Kier alpha value is -1.35. The summed E-state index contributed by atoms with van der Waals surface area (Å²) in [7, 11) is 0.818. The summed E-state index contributed by atoms with van der Waals surface area (Å²) in [5.41, 5.74) is 0.672. The summed E-state index contributed by atoms with van der Waals surface area (Å²) in [6.07, 6.45) is 1.68. The molecule has 0 spiro atoms. The fourth-order valence-electron chi connectivity index (χ4n) is 1.74. The molecule has 2 rings (SSSR count). The monoisotopic (exact) mass is 361 g/mol. The Morgan fingerprint density at radius 3 is 2.68 bits per heavy atom. The highest BCUT2D eigenvalue weighted by Crippen LogP contribution is 2.29. The molecule has 0 saturated heterocycles. The zero-order valence-corrected chi connectivity index (χ0v) is 14.7. The second kappa shape index (κ2) is 6.82. The molecule has 6 nitrogen and oxygen atoms in total. The lowest BCUT2D eigenvalue weighted by molar-refractivity contribution is 0.400. The number of rotatable bonds is 6. The van der Waals surface area contributed by atoms with Gasteiger partial charge in [-0.05, 0) is 18.2 Å². The SMILES string of the molecule is COc1ccc(NCc2cnc(Cl)s2)cc1S(=O)(=O)N(C)C. The Morgan fingerprint density at radius 1 is 1.41 bits per heavy atom. The van der Waals surface area contributed by atoms with Gasteiger partial charge in [-0.25, -0.2) is 17.7 Å². The molecule has 0 fully saturated rings. The van der Waals surface area contributed by atoms with Crippen LogP contribution >= 0.6 is 22.9 Å². The van der Waals surface area contributed by atoms with Crippen LogP contribution in [0.15, 0.2) is 29.3 Å². The number of sulfonamides is 1. The van der Waals surface area contributed by atoms with Gasteiger partial charge in [-0.15, -0.1) is 11.3 Å². The zero-order chi connectivity index (χ0) is 16.3. The number of hydrogen-bond acceptors (Lipinski definition) is 6. The van der Waals surface area contributed by atoms with E-state index in [0.717, 1.165) is 9.18 Å². The van der Waals surface area contributed by atoms with Crippen molar-refractivity contribution in [3.63, 3.8) is 0 Å². The van der Waals surface area contributed by atoms with Crippen LogP contribution < -0.4 is 10.1 Å². The van der Waals surface area contributed by atoms with Crippen LogP contribution in [-0.4, -0.2) is 38.9 Å². The normalized spacial score (nSPS) is 11.7. The van der Waals surface area contributed by atoms with Crippen molar-refractivity contribution in [1.29, 1.82) is 0 Å². The Labute approximate surface area is 138 Å². The van der Waals surface area contributed by atoms with Gasteiger partial charge in [0.25, 0.3) is 0 Å². The number of aromatic nitrogens is 1. The lowest BCUT2D eigenvalue weighted by Crippen LogP contribution is -2.22. The summed E-state index contributed by atoms with van der Waals surface area (Å²) in [6, 6.07) is 4.94. The predicted octanol–water partition coefficient (Wildman–Crippen LogP) is 2.67. The Bertz CT molecular complexity index is 760. The summed E-state index contributed by atoms with van der Waals surface area (Å²) < 4.78 is 31.4. The van der Waals surface area contributed by atoms with Crippen molar-refractivity contribution < 1.29 is 13.2 Å². The molecule has 1 aromatic heterocycles. The molecule has 120 valence electrons. The maximum absolute atomic E-state index is 12.3. The molecule has 0 atom stereocenters. The topological polar surface area (TPSA) is 71.5 Å². The largest absolute Gasteiger partial charge is 0.495 e. The van der Waals surface area contributed by atoms with E-state index in [-0.39, 0.29) is 4.90 Å². The van der Waals surface area contributed by atoms with Gasteiger partial charge < -0.3 is 10.1 Å². The van der Waals surface area contributed by atoms with E-state index in [1.165, 1.54) is 32.5 Å². The Kier molecular flexibility index (Phi) is 5.28. The number of benzene rings is 1. The van der Waals surface area contributed by atoms with Crippen LogP contribution in [0, 0.1) is 0 Å². The van der Waals surface area contributed by atoms with Crippen molar-refractivity contribution in [3.8, 4) is 5.75 Å². The van der Waals surface area contributed by atoms with Gasteiger partial charge in [0, 0.05) is 30.9 Å². The van der Waals surface area contributed by atoms with E-state index in [1.54, 1.807) is 24.4 Å². The molecular formula is C13H16ClN3O3S2. The van der Waals surface area contributed by atoms with Gasteiger partial charge in [-0.3, -0.25) is 0 Å². The Morgan fingerprint density at radius 2 is 2.14 bits per heavy atom. The minimum atomic E-state index is -3.58. The predicted molar refractivity (Wildman–Crippen MR) is 88.3 cm³/mol. The number of halogens is 1. The molecule has 0 bridgehead atoms. The number of ether oxygens (including phenoxy) is 1. The third-order valence-electron chi connectivity index (χ3n) is 2.91. The zero-order valence-electron chi connectivity index (χ0n) is 12.3. The van der Waals surface area contributed by atoms with Crippen LogP contribution in [-0.2, 0) is 16.6 Å². The van der Waals surface area contributed by atoms with Crippen molar-refractivity contribution in [2.45, 2.75) is 11.4 Å². The van der Waals surface area contributed by atoms with E-state index in [4.69, 9.17) is 16.3 Å². The first-order valence-corrected chi connectivity index (χ1v) is 8.92. The second-order valence-corrected chi connectivity index (χ2v) is 8.40. The fourth-order valence-corrected chi connectivity index (χ4v) is 3.73. The maximum Gasteiger partial charge on any atom is 0.246 e. The van der Waals surface area contributed by atoms with Crippen molar-refractivity contribution >= 4 is 38.6 Å². The molecule has 0 aliphatic carbocycles. The van der Waals surface area contributed by atoms with E-state index in [0.29, 0.717) is 22.4 Å². The first-order valence-electron chi connectivity index (χ1n) is 6.29. The van der Waals surface area contributed by atoms with Crippen molar-refractivity contribution in [3.05, 3.63) is 33.7 Å². The van der Waals surface area contributed by atoms with Gasteiger partial charge >= 0.3 is 0 Å². The van der Waals surface area contributed by atoms with E-state index in [2.05, 4.69) is 10.3 Å². The lowest BCUT2D eigenvalue weighted by Gasteiger charge is -2.16. The van der Waals surface area contributed by atoms with Gasteiger partial charge in [0.1, 0.15) is 10.6 Å². The highest BCUT2D eigenvalue weighted by Gasteiger charge is 2.22. The van der Waals surface area contributed by atoms with Crippen molar-refractivity contribution in [1.82, 2.24) is 9.29 Å². The van der Waals surface area contributed by atoms with Crippen LogP contribution in [0.3, 0.4) is 0 Å². The number of hydrogen-bond donors (Lipinski definition) is 1. The Balaban J connectivity index is 2.27. The van der Waals surface area contributed by atoms with Crippen LogP contribution in [0.25, 0.3) is 0 Å². The maximum atomic E-state index is 12.3. The quantitative estimate of drug-likeness (QED) is 0.856. The molecule has 0 radical (unpaired) electrons. The van der Waals surface area contributed by atoms with E-state index >= 15 is 0 Å². The smallest absolute Gasteiger partial charge is 0.246 e. The van der Waals surface area contributed by atoms with Crippen LogP contribution in [0.4, 0.5) is 5.69 Å². The van der Waals surface area contributed by atoms with Crippen molar-refractivity contribution in [2.75, 3.05) is 26.5 Å². The number of methoxy groups -OCH3 is 1. The molecule has 0 aliphatic rings. The summed E-state index contributed by atoms with van der Waals surface area (Å²) in [4.78, 5) is 5.03. The molecule has 0 unspecified atom stereocenters. The fraction of sp³-hybridized carbons (Fsp3) is 0.308. The van der Waals surface area contributed by atoms with Crippen molar-refractivity contribution in [2.24, 2.45) is 0 Å². The minimum Gasteiger partial charge on any atom is -0.495 e. The minimum absolute atomic E-state index is 0.118. The molecule has 1 aromatic carbocycles. The van der Waals surface area contributed by atoms with Crippen LogP contribution in [0.1, 0.15) is 4.88 Å². The summed E-state index contributed by atoms with van der Waals surface area (Å²) in [6.45, 7) is 0.512. The second-order valence-electron chi connectivity index (χ2n) is 4.59. The lowest BCUT2D eigenvalue weighted by atomic mass is 10.3. The number of anilines is 1. The molecule has 9 heteroatoms. The molecule has 2 aromatic rings. The summed E-state index contributed by atoms with van der Waals surface area (Å²) >= 11 is 7.15. The standard InChI is InChI=1S/C13H16ClN3O3S2/c1-17(2)22(18,19)12-6-9(4-5-11(12)20-3)15-7-10-8-16-13(14)21-10/h4-6,8,15H,7H2,1-3H3. The average Bonchev–Trinajstić information content (AvgIpc) is 2.90. The van der Waals surface area contributed by atoms with E-state index in [1.807, 2.05) is 0 Å². The average molecular weight is 362 g/mol. The van der Waals surface area contributed by atoms with Gasteiger partial charge in [-0.2, -0.15) is 0 Å². The van der Waals surface area contributed by atoms with Gasteiger partial charge in [0.2, 0.25) is 10.0 Å². The number of nitrogens with zero attached hydrogens (tertiary/aromatic N) is 2. The van der Waals surface area contributed by atoms with Gasteiger partial charge in [0.05, 0.1) is 13.7 Å². The molecule has 1 heterocycles. The van der Waals surface area contributed by atoms with Gasteiger partial charge in [-0.1, -0.05) is 11.6 Å². The summed E-state index contributed by atoms with van der Waals surface area (Å²) in [5.74, 6) is 0.306. The summed E-state index contributed by atoms with van der Waals surface area (Å²) in [5, 5.41) is 3.15. The molecule has 22 heavy (non-hydrogen) atoms. The highest BCUT2D eigenvalue weighted by atomic mass is 35.5. The first-order chi connectivity index (χ1) is 10.3. The molecule has 0 amide bonds. The third-order valence-corrected chi connectivity index (χ3v) is 5.87. The first kappa shape index (κ1) is 17.0. The number of nitrogens with one attached hydrogen (secondary N) is 1.